The molecule has 1 fully saturated rings. The Morgan fingerprint density at radius 3 is 2.72 bits per heavy atom. The molecule has 0 radical (unpaired) electrons. The third-order valence-electron chi connectivity index (χ3n) is 3.88. The standard InChI is InChI=1S/C16H19NO/c1-17-11-16-15(9-10-18-16)14-8-3-2-7-13(14)12-5-4-6-12/h2-3,7-10,12,17H,4-6,11H2,1H3. The van der Waals surface area contributed by atoms with Gasteiger partial charge in [-0.05, 0) is 43.0 Å². The number of furan rings is 1. The second kappa shape index (κ2) is 4.99. The van der Waals surface area contributed by atoms with Crippen molar-refractivity contribution in [3.63, 3.8) is 0 Å². The highest BCUT2D eigenvalue weighted by atomic mass is 16.3. The van der Waals surface area contributed by atoms with Crippen molar-refractivity contribution in [3.8, 4) is 11.1 Å². The minimum Gasteiger partial charge on any atom is -0.467 e. The zero-order valence-electron chi connectivity index (χ0n) is 10.8. The van der Waals surface area contributed by atoms with Gasteiger partial charge >= 0.3 is 0 Å². The molecule has 0 unspecified atom stereocenters. The molecule has 0 bridgehead atoms. The molecule has 0 amide bonds. The topological polar surface area (TPSA) is 25.2 Å². The molecule has 1 aromatic heterocycles. The molecule has 2 aromatic rings. The average molecular weight is 241 g/mol. The molecule has 2 nitrogen and oxygen atoms in total. The van der Waals surface area contributed by atoms with E-state index in [-0.39, 0.29) is 0 Å². The summed E-state index contributed by atoms with van der Waals surface area (Å²) in [5, 5.41) is 3.16. The molecule has 2 heteroatoms. The number of hydrogen-bond donors (Lipinski definition) is 1. The Labute approximate surface area is 108 Å². The van der Waals surface area contributed by atoms with Crippen LogP contribution < -0.4 is 5.32 Å². The Balaban J connectivity index is 2.02. The molecule has 1 aliphatic rings. The van der Waals surface area contributed by atoms with Crippen LogP contribution in [0.5, 0.6) is 0 Å². The zero-order valence-corrected chi connectivity index (χ0v) is 10.8. The maximum Gasteiger partial charge on any atom is 0.125 e. The van der Waals surface area contributed by atoms with E-state index in [9.17, 15) is 0 Å². The molecule has 1 aliphatic carbocycles. The lowest BCUT2D eigenvalue weighted by molar-refractivity contribution is 0.420. The molecule has 18 heavy (non-hydrogen) atoms. The first-order valence-corrected chi connectivity index (χ1v) is 6.70. The van der Waals surface area contributed by atoms with Crippen molar-refractivity contribution in [1.82, 2.24) is 5.32 Å². The van der Waals surface area contributed by atoms with Gasteiger partial charge in [0.25, 0.3) is 0 Å². The summed E-state index contributed by atoms with van der Waals surface area (Å²) in [5.74, 6) is 1.78. The van der Waals surface area contributed by atoms with Gasteiger partial charge in [-0.3, -0.25) is 0 Å². The highest BCUT2D eigenvalue weighted by Crippen LogP contribution is 2.41. The first kappa shape index (κ1) is 11.5. The van der Waals surface area contributed by atoms with Gasteiger partial charge in [0, 0.05) is 5.56 Å². The summed E-state index contributed by atoms with van der Waals surface area (Å²) in [7, 11) is 1.95. The Morgan fingerprint density at radius 2 is 2.00 bits per heavy atom. The number of hydrogen-bond acceptors (Lipinski definition) is 2. The van der Waals surface area contributed by atoms with Crippen LogP contribution in [0.15, 0.2) is 41.0 Å². The Morgan fingerprint density at radius 1 is 1.17 bits per heavy atom. The van der Waals surface area contributed by atoms with E-state index in [4.69, 9.17) is 4.42 Å². The van der Waals surface area contributed by atoms with E-state index in [0.29, 0.717) is 0 Å². The molecule has 1 saturated carbocycles. The van der Waals surface area contributed by atoms with Gasteiger partial charge in [0.1, 0.15) is 5.76 Å². The maximum atomic E-state index is 5.58. The maximum absolute atomic E-state index is 5.58. The summed E-state index contributed by atoms with van der Waals surface area (Å²) in [6.45, 7) is 0.779. The van der Waals surface area contributed by atoms with Crippen molar-refractivity contribution >= 4 is 0 Å². The van der Waals surface area contributed by atoms with Gasteiger partial charge in [-0.2, -0.15) is 0 Å². The van der Waals surface area contributed by atoms with Gasteiger partial charge in [0.15, 0.2) is 0 Å². The van der Waals surface area contributed by atoms with Gasteiger partial charge in [-0.25, -0.2) is 0 Å². The minimum atomic E-state index is 0.749. The summed E-state index contributed by atoms with van der Waals surface area (Å²) in [6, 6.07) is 10.8. The zero-order chi connectivity index (χ0) is 12.4. The van der Waals surface area contributed by atoms with Gasteiger partial charge in [-0.15, -0.1) is 0 Å². The summed E-state index contributed by atoms with van der Waals surface area (Å²) in [4.78, 5) is 0. The van der Waals surface area contributed by atoms with E-state index < -0.39 is 0 Å². The Hall–Kier alpha value is -1.54. The first-order chi connectivity index (χ1) is 8.90. The molecule has 1 aromatic carbocycles. The summed E-state index contributed by atoms with van der Waals surface area (Å²) in [5.41, 5.74) is 4.08. The van der Waals surface area contributed by atoms with Crippen LogP contribution in [-0.4, -0.2) is 7.05 Å². The molecule has 1 heterocycles. The highest BCUT2D eigenvalue weighted by molar-refractivity contribution is 5.70. The lowest BCUT2D eigenvalue weighted by Gasteiger charge is -2.28. The van der Waals surface area contributed by atoms with Crippen LogP contribution in [-0.2, 0) is 6.54 Å². The molecule has 3 rings (SSSR count). The first-order valence-electron chi connectivity index (χ1n) is 6.70. The second-order valence-corrected chi connectivity index (χ2v) is 5.00. The van der Waals surface area contributed by atoms with Crippen LogP contribution in [0, 0.1) is 0 Å². The number of benzene rings is 1. The van der Waals surface area contributed by atoms with Gasteiger partial charge in [-0.1, -0.05) is 30.7 Å². The Kier molecular flexibility index (Phi) is 3.20. The van der Waals surface area contributed by atoms with Crippen LogP contribution in [0.1, 0.15) is 36.5 Å². The van der Waals surface area contributed by atoms with E-state index in [1.807, 2.05) is 7.05 Å². The van der Waals surface area contributed by atoms with Gasteiger partial charge < -0.3 is 9.73 Å². The molecular formula is C16H19NO. The molecule has 0 aliphatic heterocycles. The summed E-state index contributed by atoms with van der Waals surface area (Å²) < 4.78 is 5.58. The molecule has 94 valence electrons. The van der Waals surface area contributed by atoms with Gasteiger partial charge in [0.2, 0.25) is 0 Å². The summed E-state index contributed by atoms with van der Waals surface area (Å²) >= 11 is 0. The number of rotatable bonds is 4. The molecular weight excluding hydrogens is 222 g/mol. The quantitative estimate of drug-likeness (QED) is 0.877. The SMILES string of the molecule is CNCc1occc1-c1ccccc1C1CCC1. The fourth-order valence-corrected chi connectivity index (χ4v) is 2.70. The van der Waals surface area contributed by atoms with Crippen LogP contribution in [0.25, 0.3) is 11.1 Å². The predicted octanol–water partition coefficient (Wildman–Crippen LogP) is 3.93. The normalized spacial score (nSPS) is 15.6. The van der Waals surface area contributed by atoms with E-state index in [2.05, 4.69) is 35.6 Å². The largest absolute Gasteiger partial charge is 0.467 e. The van der Waals surface area contributed by atoms with E-state index in [1.54, 1.807) is 6.26 Å². The van der Waals surface area contributed by atoms with Crippen molar-refractivity contribution in [2.24, 2.45) is 0 Å². The van der Waals surface area contributed by atoms with E-state index >= 15 is 0 Å². The summed E-state index contributed by atoms with van der Waals surface area (Å²) in [6.07, 6.45) is 5.82. The third kappa shape index (κ3) is 1.97. The smallest absolute Gasteiger partial charge is 0.125 e. The van der Waals surface area contributed by atoms with Crippen molar-refractivity contribution < 1.29 is 4.42 Å². The van der Waals surface area contributed by atoms with E-state index in [0.717, 1.165) is 18.2 Å². The lowest BCUT2D eigenvalue weighted by Crippen LogP contribution is -2.10. The Bertz CT molecular complexity index is 525. The average Bonchev–Trinajstić information content (AvgIpc) is 2.76. The van der Waals surface area contributed by atoms with Gasteiger partial charge in [0.05, 0.1) is 12.8 Å². The molecule has 0 saturated heterocycles. The fraction of sp³-hybridized carbons (Fsp3) is 0.375. The number of nitrogens with one attached hydrogen (secondary N) is 1. The molecule has 0 spiro atoms. The van der Waals surface area contributed by atoms with Crippen molar-refractivity contribution in [2.75, 3.05) is 7.05 Å². The van der Waals surface area contributed by atoms with Crippen molar-refractivity contribution in [1.29, 1.82) is 0 Å². The third-order valence-corrected chi connectivity index (χ3v) is 3.88. The second-order valence-electron chi connectivity index (χ2n) is 5.00. The lowest BCUT2D eigenvalue weighted by atomic mass is 9.77. The van der Waals surface area contributed by atoms with Crippen LogP contribution in [0.4, 0.5) is 0 Å². The molecule has 0 atom stereocenters. The van der Waals surface area contributed by atoms with Crippen LogP contribution >= 0.6 is 0 Å². The van der Waals surface area contributed by atoms with Crippen molar-refractivity contribution in [3.05, 3.63) is 47.9 Å². The van der Waals surface area contributed by atoms with Crippen LogP contribution in [0.3, 0.4) is 0 Å². The van der Waals surface area contributed by atoms with Crippen molar-refractivity contribution in [2.45, 2.75) is 31.7 Å². The van der Waals surface area contributed by atoms with E-state index in [1.165, 1.54) is 36.0 Å². The minimum absolute atomic E-state index is 0.749. The molecule has 1 N–H and O–H groups in total. The highest BCUT2D eigenvalue weighted by Gasteiger charge is 2.23. The fourth-order valence-electron chi connectivity index (χ4n) is 2.70. The predicted molar refractivity (Wildman–Crippen MR) is 73.5 cm³/mol. The van der Waals surface area contributed by atoms with Crippen LogP contribution in [0.2, 0.25) is 0 Å². The monoisotopic (exact) mass is 241 g/mol.